The number of methoxy groups -OCH3 is 2. The van der Waals surface area contributed by atoms with Crippen LogP contribution < -0.4 is 14.4 Å². The number of hydrogen-bond donors (Lipinski definition) is 0. The molecule has 5 rings (SSSR count). The third kappa shape index (κ3) is 3.03. The summed E-state index contributed by atoms with van der Waals surface area (Å²) >= 11 is 0. The van der Waals surface area contributed by atoms with Crippen molar-refractivity contribution in [3.05, 3.63) is 60.3 Å². The van der Waals surface area contributed by atoms with E-state index in [-0.39, 0.29) is 11.9 Å². The van der Waals surface area contributed by atoms with E-state index in [1.807, 2.05) is 64.5 Å². The molecule has 2 aromatic rings. The quantitative estimate of drug-likeness (QED) is 0.702. The van der Waals surface area contributed by atoms with Crippen molar-refractivity contribution in [3.8, 4) is 11.5 Å². The van der Waals surface area contributed by atoms with Gasteiger partial charge >= 0.3 is 6.03 Å². The van der Waals surface area contributed by atoms with E-state index in [9.17, 15) is 9.59 Å². The largest absolute Gasteiger partial charge is 0.497 e. The van der Waals surface area contributed by atoms with Crippen molar-refractivity contribution in [1.82, 2.24) is 14.7 Å². The van der Waals surface area contributed by atoms with E-state index in [2.05, 4.69) is 0 Å². The van der Waals surface area contributed by atoms with Crippen LogP contribution in [0.4, 0.5) is 10.5 Å². The van der Waals surface area contributed by atoms with Crippen LogP contribution >= 0.6 is 0 Å². The number of nitrogens with zero attached hydrogens (tertiary/aromatic N) is 5. The SMILES string of the molecule is CCN1C(=O)C2C(N=C3N(c4ccc(OC)cc4OC)C(c4ccccc4)=CN32)N(C)C1=O. The highest BCUT2D eigenvalue weighted by molar-refractivity contribution is 6.16. The zero-order valence-corrected chi connectivity index (χ0v) is 18.9. The first kappa shape index (κ1) is 20.9. The molecule has 170 valence electrons. The number of amides is 3. The summed E-state index contributed by atoms with van der Waals surface area (Å²) in [6.07, 6.45) is 1.32. The predicted molar refractivity (Wildman–Crippen MR) is 124 cm³/mol. The Kier molecular flexibility index (Phi) is 4.96. The average Bonchev–Trinajstić information content (AvgIpc) is 3.39. The number of fused-ring (bicyclic) bond motifs is 3. The fourth-order valence-electron chi connectivity index (χ4n) is 4.55. The molecule has 0 N–H and O–H groups in total. The number of likely N-dealkylation sites (N-methyl/N-ethyl adjacent to an activating group) is 2. The second-order valence-electron chi connectivity index (χ2n) is 7.92. The van der Waals surface area contributed by atoms with Crippen LogP contribution in [0.15, 0.2) is 59.7 Å². The summed E-state index contributed by atoms with van der Waals surface area (Å²) in [5, 5.41) is 0. The van der Waals surface area contributed by atoms with E-state index in [1.54, 1.807) is 28.2 Å². The van der Waals surface area contributed by atoms with Crippen LogP contribution in [0.3, 0.4) is 0 Å². The van der Waals surface area contributed by atoms with E-state index in [1.165, 1.54) is 9.80 Å². The second-order valence-corrected chi connectivity index (χ2v) is 7.92. The Morgan fingerprint density at radius 1 is 1.03 bits per heavy atom. The molecule has 0 radical (unpaired) electrons. The molecular weight excluding hydrogens is 422 g/mol. The van der Waals surface area contributed by atoms with Crippen molar-refractivity contribution in [2.45, 2.75) is 19.1 Å². The highest BCUT2D eigenvalue weighted by Crippen LogP contribution is 2.43. The maximum atomic E-state index is 13.3. The smallest absolute Gasteiger partial charge is 0.328 e. The fourth-order valence-corrected chi connectivity index (χ4v) is 4.55. The van der Waals surface area contributed by atoms with E-state index < -0.39 is 12.2 Å². The zero-order chi connectivity index (χ0) is 23.3. The second kappa shape index (κ2) is 7.84. The first-order chi connectivity index (χ1) is 16.0. The Balaban J connectivity index is 1.66. The highest BCUT2D eigenvalue weighted by Gasteiger charge is 2.54. The Bertz CT molecular complexity index is 1180. The van der Waals surface area contributed by atoms with Gasteiger partial charge in [0.2, 0.25) is 5.96 Å². The lowest BCUT2D eigenvalue weighted by atomic mass is 10.1. The maximum absolute atomic E-state index is 13.3. The number of anilines is 1. The van der Waals surface area contributed by atoms with Crippen LogP contribution in [-0.4, -0.2) is 72.6 Å². The molecule has 1 fully saturated rings. The Morgan fingerprint density at radius 2 is 1.79 bits per heavy atom. The van der Waals surface area contributed by atoms with E-state index >= 15 is 0 Å². The van der Waals surface area contributed by atoms with Gasteiger partial charge in [-0.3, -0.25) is 19.5 Å². The molecule has 3 amide bonds. The number of ether oxygens (including phenoxy) is 2. The number of guanidine groups is 1. The van der Waals surface area contributed by atoms with Crippen LogP contribution in [0.1, 0.15) is 12.5 Å². The van der Waals surface area contributed by atoms with E-state index in [0.29, 0.717) is 24.0 Å². The van der Waals surface area contributed by atoms with Crippen molar-refractivity contribution >= 4 is 29.3 Å². The Labute approximate surface area is 192 Å². The number of imide groups is 1. The molecule has 0 saturated carbocycles. The number of aliphatic imine (C=N–C) groups is 1. The van der Waals surface area contributed by atoms with Gasteiger partial charge in [-0.05, 0) is 19.1 Å². The van der Waals surface area contributed by atoms with Crippen molar-refractivity contribution in [2.24, 2.45) is 4.99 Å². The molecule has 9 heteroatoms. The normalized spacial score (nSPS) is 21.7. The van der Waals surface area contributed by atoms with Crippen molar-refractivity contribution in [2.75, 3.05) is 32.7 Å². The van der Waals surface area contributed by atoms with Gasteiger partial charge in [-0.1, -0.05) is 30.3 Å². The minimum atomic E-state index is -0.629. The summed E-state index contributed by atoms with van der Waals surface area (Å²) in [5.74, 6) is 1.58. The number of carbonyl (C=O) groups is 2. The molecule has 0 spiro atoms. The van der Waals surface area contributed by atoms with E-state index in [0.717, 1.165) is 16.9 Å². The topological polar surface area (TPSA) is 77.9 Å². The molecule has 3 heterocycles. The Morgan fingerprint density at radius 3 is 2.45 bits per heavy atom. The number of benzene rings is 2. The van der Waals surface area contributed by atoms with Gasteiger partial charge in [0, 0.05) is 31.4 Å². The highest BCUT2D eigenvalue weighted by atomic mass is 16.5. The molecular formula is C24H25N5O4. The average molecular weight is 447 g/mol. The van der Waals surface area contributed by atoms with Crippen LogP contribution in [0.5, 0.6) is 11.5 Å². The van der Waals surface area contributed by atoms with Gasteiger partial charge in [-0.2, -0.15) is 0 Å². The molecule has 33 heavy (non-hydrogen) atoms. The maximum Gasteiger partial charge on any atom is 0.328 e. The summed E-state index contributed by atoms with van der Waals surface area (Å²) in [6.45, 7) is 2.10. The fraction of sp³-hybridized carbons (Fsp3) is 0.292. The molecule has 1 saturated heterocycles. The lowest BCUT2D eigenvalue weighted by Crippen LogP contribution is -2.64. The summed E-state index contributed by atoms with van der Waals surface area (Å²) in [5.41, 5.74) is 2.57. The molecule has 0 aliphatic carbocycles. The summed E-state index contributed by atoms with van der Waals surface area (Å²) in [6, 6.07) is 14.5. The van der Waals surface area contributed by atoms with Crippen LogP contribution in [-0.2, 0) is 4.79 Å². The van der Waals surface area contributed by atoms with Gasteiger partial charge in [-0.15, -0.1) is 0 Å². The van der Waals surface area contributed by atoms with Gasteiger partial charge in [-0.25, -0.2) is 9.79 Å². The number of rotatable bonds is 5. The summed E-state index contributed by atoms with van der Waals surface area (Å²) in [4.78, 5) is 37.5. The number of hydrogen-bond acceptors (Lipinski definition) is 7. The minimum Gasteiger partial charge on any atom is -0.497 e. The predicted octanol–water partition coefficient (Wildman–Crippen LogP) is 2.80. The lowest BCUT2D eigenvalue weighted by Gasteiger charge is -2.39. The monoisotopic (exact) mass is 447 g/mol. The van der Waals surface area contributed by atoms with Gasteiger partial charge in [0.15, 0.2) is 12.2 Å². The Hall–Kier alpha value is -4.01. The minimum absolute atomic E-state index is 0.253. The molecule has 0 bridgehead atoms. The lowest BCUT2D eigenvalue weighted by molar-refractivity contribution is -0.136. The molecule has 2 aromatic carbocycles. The van der Waals surface area contributed by atoms with Gasteiger partial charge in [0.1, 0.15) is 11.5 Å². The van der Waals surface area contributed by atoms with Crippen molar-refractivity contribution < 1.29 is 19.1 Å². The summed E-state index contributed by atoms with van der Waals surface area (Å²) in [7, 11) is 4.88. The molecule has 2 atom stereocenters. The third-order valence-electron chi connectivity index (χ3n) is 6.23. The van der Waals surface area contributed by atoms with Crippen molar-refractivity contribution in [3.63, 3.8) is 0 Å². The van der Waals surface area contributed by atoms with Gasteiger partial charge in [0.25, 0.3) is 5.91 Å². The molecule has 2 unspecified atom stereocenters. The van der Waals surface area contributed by atoms with Crippen molar-refractivity contribution in [1.29, 1.82) is 0 Å². The third-order valence-corrected chi connectivity index (χ3v) is 6.23. The first-order valence-corrected chi connectivity index (χ1v) is 10.7. The first-order valence-electron chi connectivity index (χ1n) is 10.7. The number of carbonyl (C=O) groups excluding carboxylic acids is 2. The molecule has 3 aliphatic heterocycles. The van der Waals surface area contributed by atoms with Crippen LogP contribution in [0, 0.1) is 0 Å². The van der Waals surface area contributed by atoms with E-state index in [4.69, 9.17) is 14.5 Å². The standard InChI is InChI=1S/C24H25N5O4/c1-5-27-22(30)20-21(26(2)24(27)31)25-23-28(20)14-18(15-9-7-6-8-10-15)29(23)17-12-11-16(32-3)13-19(17)33-4/h6-14,20-21H,5H2,1-4H3. The van der Waals surface area contributed by atoms with Gasteiger partial charge in [0.05, 0.1) is 25.6 Å². The van der Waals surface area contributed by atoms with Crippen LogP contribution in [0.25, 0.3) is 5.70 Å². The molecule has 3 aliphatic rings. The summed E-state index contributed by atoms with van der Waals surface area (Å²) < 4.78 is 11.0. The molecule has 0 aromatic heterocycles. The molecule has 9 nitrogen and oxygen atoms in total. The van der Waals surface area contributed by atoms with Crippen LogP contribution in [0.2, 0.25) is 0 Å². The van der Waals surface area contributed by atoms with Gasteiger partial charge < -0.3 is 14.4 Å². The number of urea groups is 1. The zero-order valence-electron chi connectivity index (χ0n) is 18.9.